The first-order valence-electron chi connectivity index (χ1n) is 7.35. The first-order chi connectivity index (χ1) is 10.7. The molecule has 3 aromatic rings. The fourth-order valence-electron chi connectivity index (χ4n) is 2.46. The third-order valence-electron chi connectivity index (χ3n) is 3.52. The third-order valence-corrected chi connectivity index (χ3v) is 3.52. The van der Waals surface area contributed by atoms with Gasteiger partial charge in [0.05, 0.1) is 5.52 Å². The Labute approximate surface area is 128 Å². The predicted octanol–water partition coefficient (Wildman–Crippen LogP) is 3.17. The van der Waals surface area contributed by atoms with Gasteiger partial charge in [0.1, 0.15) is 18.5 Å². The van der Waals surface area contributed by atoms with Crippen molar-refractivity contribution in [1.82, 2.24) is 19.7 Å². The van der Waals surface area contributed by atoms with Gasteiger partial charge in [-0.15, -0.1) is 10.2 Å². The van der Waals surface area contributed by atoms with Crippen LogP contribution in [0.3, 0.4) is 0 Å². The summed E-state index contributed by atoms with van der Waals surface area (Å²) >= 11 is 0. The molecule has 6 heteroatoms. The van der Waals surface area contributed by atoms with E-state index in [0.717, 1.165) is 48.2 Å². The smallest absolute Gasteiger partial charge is 0.124 e. The summed E-state index contributed by atoms with van der Waals surface area (Å²) in [5.41, 5.74) is 2.67. The van der Waals surface area contributed by atoms with E-state index in [4.69, 9.17) is 0 Å². The topological polar surface area (TPSA) is 55.6 Å². The van der Waals surface area contributed by atoms with Gasteiger partial charge in [-0.3, -0.25) is 4.98 Å². The summed E-state index contributed by atoms with van der Waals surface area (Å²) in [5.74, 6) is -0.242. The van der Waals surface area contributed by atoms with Crippen LogP contribution in [0.4, 0.5) is 10.1 Å². The average molecular weight is 299 g/mol. The molecule has 3 rings (SSSR count). The number of hydrogen-bond donors (Lipinski definition) is 1. The van der Waals surface area contributed by atoms with E-state index in [0.29, 0.717) is 0 Å². The van der Waals surface area contributed by atoms with Crippen LogP contribution in [0.15, 0.2) is 36.9 Å². The number of anilines is 1. The molecule has 0 saturated carbocycles. The Bertz CT molecular complexity index is 755. The molecule has 0 atom stereocenters. The summed E-state index contributed by atoms with van der Waals surface area (Å²) in [7, 11) is 0. The van der Waals surface area contributed by atoms with E-state index in [1.165, 1.54) is 12.1 Å². The minimum absolute atomic E-state index is 0.242. The lowest BCUT2D eigenvalue weighted by Crippen LogP contribution is -2.05. The highest BCUT2D eigenvalue weighted by molar-refractivity contribution is 5.91. The highest BCUT2D eigenvalue weighted by atomic mass is 19.1. The molecule has 0 bridgehead atoms. The lowest BCUT2D eigenvalue weighted by Gasteiger charge is -2.11. The molecule has 0 spiro atoms. The van der Waals surface area contributed by atoms with Crippen LogP contribution in [0.5, 0.6) is 0 Å². The Morgan fingerprint density at radius 3 is 2.77 bits per heavy atom. The maximum Gasteiger partial charge on any atom is 0.124 e. The fourth-order valence-corrected chi connectivity index (χ4v) is 2.46. The van der Waals surface area contributed by atoms with Crippen LogP contribution in [0.1, 0.15) is 18.5 Å². The van der Waals surface area contributed by atoms with Crippen LogP contribution in [0, 0.1) is 12.7 Å². The Kier molecular flexibility index (Phi) is 4.27. The molecule has 1 aromatic carbocycles. The molecule has 0 amide bonds. The van der Waals surface area contributed by atoms with E-state index in [2.05, 4.69) is 20.5 Å². The first-order valence-corrected chi connectivity index (χ1v) is 7.35. The lowest BCUT2D eigenvalue weighted by molar-refractivity contribution is 0.619. The van der Waals surface area contributed by atoms with Gasteiger partial charge in [0.25, 0.3) is 0 Å². The van der Waals surface area contributed by atoms with Crippen molar-refractivity contribution in [1.29, 1.82) is 0 Å². The van der Waals surface area contributed by atoms with E-state index >= 15 is 0 Å². The Morgan fingerprint density at radius 1 is 1.14 bits per heavy atom. The van der Waals surface area contributed by atoms with Crippen LogP contribution in [0.25, 0.3) is 10.9 Å². The number of aromatic nitrogens is 4. The maximum absolute atomic E-state index is 13.4. The number of fused-ring (bicyclic) bond motifs is 1. The Balaban J connectivity index is 1.62. The quantitative estimate of drug-likeness (QED) is 0.710. The Hall–Kier alpha value is -2.50. The number of rotatable bonds is 6. The second-order valence-corrected chi connectivity index (χ2v) is 5.31. The van der Waals surface area contributed by atoms with Gasteiger partial charge in [-0.1, -0.05) is 0 Å². The molecule has 0 unspecified atom stereocenters. The molecule has 2 aromatic heterocycles. The second-order valence-electron chi connectivity index (χ2n) is 5.31. The molecule has 0 aliphatic carbocycles. The summed E-state index contributed by atoms with van der Waals surface area (Å²) in [4.78, 5) is 4.43. The van der Waals surface area contributed by atoms with Crippen molar-refractivity contribution in [3.8, 4) is 0 Å². The zero-order chi connectivity index (χ0) is 15.4. The summed E-state index contributed by atoms with van der Waals surface area (Å²) in [6, 6.07) is 6.65. The van der Waals surface area contributed by atoms with Crippen LogP contribution >= 0.6 is 0 Å². The number of hydrogen-bond acceptors (Lipinski definition) is 4. The molecule has 0 radical (unpaired) electrons. The van der Waals surface area contributed by atoms with Crippen LogP contribution in [-0.4, -0.2) is 26.3 Å². The van der Waals surface area contributed by atoms with Gasteiger partial charge in [0, 0.05) is 29.9 Å². The van der Waals surface area contributed by atoms with Crippen LogP contribution in [0.2, 0.25) is 0 Å². The third kappa shape index (κ3) is 3.39. The number of pyridine rings is 1. The lowest BCUT2D eigenvalue weighted by atomic mass is 10.1. The van der Waals surface area contributed by atoms with Crippen molar-refractivity contribution in [2.45, 2.75) is 26.3 Å². The molecule has 5 nitrogen and oxygen atoms in total. The maximum atomic E-state index is 13.4. The summed E-state index contributed by atoms with van der Waals surface area (Å²) < 4.78 is 15.4. The highest BCUT2D eigenvalue weighted by Crippen LogP contribution is 2.24. The number of halogens is 1. The largest absolute Gasteiger partial charge is 0.384 e. The van der Waals surface area contributed by atoms with Gasteiger partial charge in [-0.25, -0.2) is 4.39 Å². The zero-order valence-electron chi connectivity index (χ0n) is 12.5. The summed E-state index contributed by atoms with van der Waals surface area (Å²) in [5, 5.41) is 11.8. The number of benzene rings is 1. The SMILES string of the molecule is Cc1cc(NCCCCn2cnnc2)c2cc(F)ccc2n1. The molecule has 0 saturated heterocycles. The number of unbranched alkanes of at least 4 members (excludes halogenated alkanes) is 1. The number of nitrogens with one attached hydrogen (secondary N) is 1. The van der Waals surface area contributed by atoms with Crippen LogP contribution in [-0.2, 0) is 6.54 Å². The fraction of sp³-hybridized carbons (Fsp3) is 0.312. The van der Waals surface area contributed by atoms with Crippen molar-refractivity contribution < 1.29 is 4.39 Å². The summed E-state index contributed by atoms with van der Waals surface area (Å²) in [6.07, 6.45) is 5.48. The van der Waals surface area contributed by atoms with Crippen molar-refractivity contribution in [2.24, 2.45) is 0 Å². The average Bonchev–Trinajstić information content (AvgIpc) is 3.00. The summed E-state index contributed by atoms with van der Waals surface area (Å²) in [6.45, 7) is 3.68. The van der Waals surface area contributed by atoms with Gasteiger partial charge in [0.2, 0.25) is 0 Å². The monoisotopic (exact) mass is 299 g/mol. The molecular formula is C16H18FN5. The van der Waals surface area contributed by atoms with Gasteiger partial charge in [0.15, 0.2) is 0 Å². The van der Waals surface area contributed by atoms with Gasteiger partial charge >= 0.3 is 0 Å². The van der Waals surface area contributed by atoms with E-state index in [1.54, 1.807) is 18.7 Å². The predicted molar refractivity (Wildman–Crippen MR) is 84.2 cm³/mol. The Morgan fingerprint density at radius 2 is 1.95 bits per heavy atom. The molecule has 1 N–H and O–H groups in total. The van der Waals surface area contributed by atoms with Crippen molar-refractivity contribution in [3.63, 3.8) is 0 Å². The normalized spacial score (nSPS) is 11.0. The zero-order valence-corrected chi connectivity index (χ0v) is 12.5. The van der Waals surface area contributed by atoms with Crippen molar-refractivity contribution in [3.05, 3.63) is 48.4 Å². The number of nitrogens with zero attached hydrogens (tertiary/aromatic N) is 4. The minimum atomic E-state index is -0.242. The molecule has 0 fully saturated rings. The van der Waals surface area contributed by atoms with E-state index in [1.807, 2.05) is 17.6 Å². The van der Waals surface area contributed by atoms with E-state index < -0.39 is 0 Å². The molecule has 114 valence electrons. The first kappa shape index (κ1) is 14.4. The highest BCUT2D eigenvalue weighted by Gasteiger charge is 2.05. The molecule has 2 heterocycles. The molecule has 0 aliphatic rings. The van der Waals surface area contributed by atoms with Gasteiger partial charge in [-0.05, 0) is 44.0 Å². The van der Waals surface area contributed by atoms with Gasteiger partial charge < -0.3 is 9.88 Å². The number of aryl methyl sites for hydroxylation is 2. The van der Waals surface area contributed by atoms with E-state index in [-0.39, 0.29) is 5.82 Å². The molecule has 0 aliphatic heterocycles. The van der Waals surface area contributed by atoms with E-state index in [9.17, 15) is 4.39 Å². The molecular weight excluding hydrogens is 281 g/mol. The van der Waals surface area contributed by atoms with Crippen molar-refractivity contribution >= 4 is 16.6 Å². The van der Waals surface area contributed by atoms with Gasteiger partial charge in [-0.2, -0.15) is 0 Å². The minimum Gasteiger partial charge on any atom is -0.384 e. The van der Waals surface area contributed by atoms with Crippen molar-refractivity contribution in [2.75, 3.05) is 11.9 Å². The van der Waals surface area contributed by atoms with Crippen LogP contribution < -0.4 is 5.32 Å². The standard InChI is InChI=1S/C16H18FN5/c1-12-8-16(14-9-13(17)4-5-15(14)21-12)18-6-2-3-7-22-10-19-20-11-22/h4-5,8-11H,2-3,6-7H2,1H3,(H,18,21). The second kappa shape index (κ2) is 6.51. The molecule has 22 heavy (non-hydrogen) atoms.